The zero-order valence-corrected chi connectivity index (χ0v) is 20.5. The molecule has 5 rings (SSSR count). The third-order valence-corrected chi connectivity index (χ3v) is 7.38. The van der Waals surface area contributed by atoms with Crippen molar-refractivity contribution in [3.63, 3.8) is 0 Å². The van der Waals surface area contributed by atoms with Gasteiger partial charge in [-0.05, 0) is 53.6 Å². The number of fused-ring (bicyclic) bond motifs is 3. The minimum absolute atomic E-state index is 0.219. The first-order valence-electron chi connectivity index (χ1n) is 11.4. The first kappa shape index (κ1) is 23.7. The van der Waals surface area contributed by atoms with E-state index in [2.05, 4.69) is 6.07 Å². The SMILES string of the molecule is COC(=O)[C@@]1(C#N)[C@H](c2ccc(OC)cc2)[C@H](C(=O)c2ccc(Cl)cc2)N2c3ccccc3C=C[C@@H]21. The summed E-state index contributed by atoms with van der Waals surface area (Å²) >= 11 is 6.09. The van der Waals surface area contributed by atoms with E-state index in [1.165, 1.54) is 7.11 Å². The number of carbonyl (C=O) groups excluding carboxylic acids is 2. The molecule has 36 heavy (non-hydrogen) atoms. The first-order valence-corrected chi connectivity index (χ1v) is 11.8. The molecule has 0 radical (unpaired) electrons. The molecule has 2 aliphatic heterocycles. The van der Waals surface area contributed by atoms with E-state index in [1.807, 2.05) is 41.3 Å². The third-order valence-electron chi connectivity index (χ3n) is 7.13. The van der Waals surface area contributed by atoms with Gasteiger partial charge in [-0.1, -0.05) is 54.1 Å². The van der Waals surface area contributed by atoms with Crippen molar-refractivity contribution in [1.29, 1.82) is 5.26 Å². The van der Waals surface area contributed by atoms with Gasteiger partial charge in [-0.15, -0.1) is 0 Å². The molecule has 1 saturated heterocycles. The number of nitrogens with zero attached hydrogens (tertiary/aromatic N) is 2. The van der Waals surface area contributed by atoms with E-state index >= 15 is 0 Å². The second kappa shape index (κ2) is 9.18. The van der Waals surface area contributed by atoms with Crippen LogP contribution in [0.15, 0.2) is 78.9 Å². The van der Waals surface area contributed by atoms with Crippen LogP contribution < -0.4 is 9.64 Å². The number of rotatable bonds is 5. The lowest BCUT2D eigenvalue weighted by molar-refractivity contribution is -0.150. The van der Waals surface area contributed by atoms with Crippen LogP contribution >= 0.6 is 11.6 Å². The fourth-order valence-electron chi connectivity index (χ4n) is 5.51. The van der Waals surface area contributed by atoms with Crippen LogP contribution in [0.4, 0.5) is 5.69 Å². The lowest BCUT2D eigenvalue weighted by atomic mass is 9.68. The molecular weight excluding hydrogens is 476 g/mol. The number of hydrogen-bond donors (Lipinski definition) is 0. The standard InChI is InChI=1S/C29H23ClN2O4/c1-35-22-14-9-19(10-15-22)25-26(27(33)20-7-12-21(30)13-8-20)32-23-6-4-3-5-18(23)11-16-24(32)29(25,17-31)28(34)36-2/h3-16,24-26H,1-2H3/t24-,25-,26-,29-/m1/s1. The number of carbonyl (C=O) groups is 2. The highest BCUT2D eigenvalue weighted by Crippen LogP contribution is 2.56. The number of hydrogen-bond acceptors (Lipinski definition) is 6. The molecule has 0 N–H and O–H groups in total. The number of anilines is 1. The maximum atomic E-state index is 14.2. The quantitative estimate of drug-likeness (QED) is 0.351. The second-order valence-electron chi connectivity index (χ2n) is 8.81. The molecule has 0 unspecified atom stereocenters. The van der Waals surface area contributed by atoms with Crippen molar-refractivity contribution in [2.75, 3.05) is 19.1 Å². The Bertz CT molecular complexity index is 1390. The predicted octanol–water partition coefficient (Wildman–Crippen LogP) is 5.28. The lowest BCUT2D eigenvalue weighted by Gasteiger charge is -2.36. The molecule has 3 aromatic carbocycles. The Labute approximate surface area is 214 Å². The minimum Gasteiger partial charge on any atom is -0.497 e. The lowest BCUT2D eigenvalue weighted by Crippen LogP contribution is -2.46. The number of methoxy groups -OCH3 is 2. The summed E-state index contributed by atoms with van der Waals surface area (Å²) in [6, 6.07) is 22.1. The number of para-hydroxylation sites is 1. The molecule has 0 amide bonds. The topological polar surface area (TPSA) is 79.6 Å². The van der Waals surface area contributed by atoms with Gasteiger partial charge in [-0.2, -0.15) is 5.26 Å². The van der Waals surface area contributed by atoms with Gasteiger partial charge >= 0.3 is 5.97 Å². The van der Waals surface area contributed by atoms with Gasteiger partial charge in [-0.25, -0.2) is 0 Å². The molecule has 0 saturated carbocycles. The fourth-order valence-corrected chi connectivity index (χ4v) is 5.63. The molecule has 6 nitrogen and oxygen atoms in total. The van der Waals surface area contributed by atoms with Crippen molar-refractivity contribution in [1.82, 2.24) is 0 Å². The van der Waals surface area contributed by atoms with E-state index < -0.39 is 29.4 Å². The average molecular weight is 499 g/mol. The summed E-state index contributed by atoms with van der Waals surface area (Å²) < 4.78 is 10.6. The van der Waals surface area contributed by atoms with Crippen molar-refractivity contribution < 1.29 is 19.1 Å². The number of Topliss-reactive ketones (excluding diaryl/α,β-unsaturated/α-hetero) is 1. The van der Waals surface area contributed by atoms with Crippen LogP contribution in [0.1, 0.15) is 27.4 Å². The van der Waals surface area contributed by atoms with Crippen LogP contribution in [0.25, 0.3) is 6.08 Å². The van der Waals surface area contributed by atoms with Crippen LogP contribution in [0.2, 0.25) is 5.02 Å². The summed E-state index contributed by atoms with van der Waals surface area (Å²) in [5.74, 6) is -1.11. The highest BCUT2D eigenvalue weighted by Gasteiger charge is 2.67. The summed E-state index contributed by atoms with van der Waals surface area (Å²) in [5.41, 5.74) is 1.09. The van der Waals surface area contributed by atoms with Crippen molar-refractivity contribution in [2.24, 2.45) is 5.41 Å². The van der Waals surface area contributed by atoms with E-state index in [-0.39, 0.29) is 5.78 Å². The molecule has 4 atom stereocenters. The first-order chi connectivity index (χ1) is 17.5. The van der Waals surface area contributed by atoms with E-state index in [0.29, 0.717) is 21.9 Å². The van der Waals surface area contributed by atoms with Crippen molar-refractivity contribution in [3.8, 4) is 11.8 Å². The van der Waals surface area contributed by atoms with Gasteiger partial charge in [0.1, 0.15) is 11.8 Å². The van der Waals surface area contributed by atoms with Gasteiger partial charge in [0.15, 0.2) is 11.2 Å². The molecule has 180 valence electrons. The largest absolute Gasteiger partial charge is 0.497 e. The molecule has 7 heteroatoms. The van der Waals surface area contributed by atoms with Crippen LogP contribution in [0, 0.1) is 16.7 Å². The summed E-state index contributed by atoms with van der Waals surface area (Å²) in [6.07, 6.45) is 3.72. The van der Waals surface area contributed by atoms with Crippen molar-refractivity contribution in [2.45, 2.75) is 18.0 Å². The van der Waals surface area contributed by atoms with Gasteiger partial charge < -0.3 is 14.4 Å². The monoisotopic (exact) mass is 498 g/mol. The number of halogens is 1. The zero-order chi connectivity index (χ0) is 25.4. The van der Waals surface area contributed by atoms with Crippen molar-refractivity contribution in [3.05, 3.63) is 101 Å². The number of benzene rings is 3. The van der Waals surface area contributed by atoms with Gasteiger partial charge in [0.2, 0.25) is 0 Å². The maximum absolute atomic E-state index is 14.2. The Kier molecular flexibility index (Phi) is 6.03. The van der Waals surface area contributed by atoms with E-state index in [0.717, 1.165) is 11.3 Å². The number of nitriles is 1. The van der Waals surface area contributed by atoms with E-state index in [1.54, 1.807) is 55.6 Å². The molecule has 2 heterocycles. The number of ketones is 1. The second-order valence-corrected chi connectivity index (χ2v) is 9.25. The molecule has 0 bridgehead atoms. The Balaban J connectivity index is 1.79. The Morgan fingerprint density at radius 3 is 2.33 bits per heavy atom. The summed E-state index contributed by atoms with van der Waals surface area (Å²) in [5, 5.41) is 11.2. The van der Waals surface area contributed by atoms with E-state index in [9.17, 15) is 14.9 Å². The maximum Gasteiger partial charge on any atom is 0.329 e. The molecular formula is C29H23ClN2O4. The van der Waals surface area contributed by atoms with Gasteiger partial charge in [0, 0.05) is 22.2 Å². The van der Waals surface area contributed by atoms with Crippen LogP contribution in [0.3, 0.4) is 0 Å². The summed E-state index contributed by atoms with van der Waals surface area (Å²) in [6.45, 7) is 0. The summed E-state index contributed by atoms with van der Waals surface area (Å²) in [4.78, 5) is 29.7. The highest BCUT2D eigenvalue weighted by atomic mass is 35.5. The number of ether oxygens (including phenoxy) is 2. The van der Waals surface area contributed by atoms with Gasteiger partial charge in [-0.3, -0.25) is 9.59 Å². The molecule has 0 aromatic heterocycles. The molecule has 0 aliphatic carbocycles. The minimum atomic E-state index is -1.68. The number of esters is 1. The smallest absolute Gasteiger partial charge is 0.329 e. The molecule has 0 spiro atoms. The summed E-state index contributed by atoms with van der Waals surface area (Å²) in [7, 11) is 2.83. The van der Waals surface area contributed by atoms with Crippen LogP contribution in [0.5, 0.6) is 5.75 Å². The fraction of sp³-hybridized carbons (Fsp3) is 0.207. The van der Waals surface area contributed by atoms with Gasteiger partial charge in [0.25, 0.3) is 0 Å². The van der Waals surface area contributed by atoms with Crippen molar-refractivity contribution >= 4 is 35.1 Å². The van der Waals surface area contributed by atoms with E-state index in [4.69, 9.17) is 21.1 Å². The molecule has 1 fully saturated rings. The van der Waals surface area contributed by atoms with Crippen LogP contribution in [-0.2, 0) is 9.53 Å². The predicted molar refractivity (Wildman–Crippen MR) is 137 cm³/mol. The normalized spacial score (nSPS) is 23.8. The Morgan fingerprint density at radius 2 is 1.69 bits per heavy atom. The van der Waals surface area contributed by atoms with Crippen LogP contribution in [-0.4, -0.2) is 38.1 Å². The van der Waals surface area contributed by atoms with Gasteiger partial charge in [0.05, 0.1) is 26.3 Å². The zero-order valence-electron chi connectivity index (χ0n) is 19.7. The Hall–Kier alpha value is -4.08. The highest BCUT2D eigenvalue weighted by molar-refractivity contribution is 6.30. The molecule has 3 aromatic rings. The molecule has 2 aliphatic rings. The third kappa shape index (κ3) is 3.47. The average Bonchev–Trinajstić information content (AvgIpc) is 3.24. The Morgan fingerprint density at radius 1 is 1.00 bits per heavy atom.